The van der Waals surface area contributed by atoms with E-state index in [4.69, 9.17) is 5.11 Å². The third-order valence-corrected chi connectivity index (χ3v) is 5.27. The fraction of sp³-hybridized carbons (Fsp3) is 0.333. The monoisotopic (exact) mass is 368 g/mol. The molecule has 0 atom stereocenters. The van der Waals surface area contributed by atoms with Crippen LogP contribution < -0.4 is 5.11 Å². The topological polar surface area (TPSA) is 80.7 Å². The van der Waals surface area contributed by atoms with Gasteiger partial charge in [-0.3, -0.25) is 4.90 Å². The van der Waals surface area contributed by atoms with Crippen LogP contribution in [-0.2, 0) is 13.1 Å². The summed E-state index contributed by atoms with van der Waals surface area (Å²) in [6.45, 7) is 5.64. The van der Waals surface area contributed by atoms with Crippen molar-refractivity contribution < 1.29 is 24.3 Å². The molecule has 0 unspecified atom stereocenters. The van der Waals surface area contributed by atoms with Gasteiger partial charge in [0.1, 0.15) is 6.54 Å². The molecule has 1 saturated heterocycles. The molecule has 1 N–H and O–H groups in total. The predicted molar refractivity (Wildman–Crippen MR) is 99.1 cm³/mol. The highest BCUT2D eigenvalue weighted by molar-refractivity contribution is 5.87. The second-order valence-corrected chi connectivity index (χ2v) is 7.49. The number of carbonyl (C=O) groups is 2. The standard InChI is InChI=1S/C21H24N2O4/c1-23(15-17-4-8-19(9-5-17)21(26)27)12-10-22(11-13-23)14-16-2-6-18(7-3-16)20(24)25/h2-9H,10-15H2,1H3,(H-,24,25,26,27). The van der Waals surface area contributed by atoms with Crippen LogP contribution in [-0.4, -0.2) is 59.7 Å². The van der Waals surface area contributed by atoms with Gasteiger partial charge < -0.3 is 19.5 Å². The Morgan fingerprint density at radius 3 is 2.00 bits per heavy atom. The molecular formula is C21H24N2O4. The summed E-state index contributed by atoms with van der Waals surface area (Å²) >= 11 is 0. The first-order valence-electron chi connectivity index (χ1n) is 9.03. The van der Waals surface area contributed by atoms with Crippen molar-refractivity contribution in [1.29, 1.82) is 0 Å². The highest BCUT2D eigenvalue weighted by Crippen LogP contribution is 2.18. The highest BCUT2D eigenvalue weighted by Gasteiger charge is 2.28. The molecule has 0 saturated carbocycles. The van der Waals surface area contributed by atoms with E-state index in [1.807, 2.05) is 24.3 Å². The Morgan fingerprint density at radius 2 is 1.48 bits per heavy atom. The number of rotatable bonds is 6. The molecule has 1 fully saturated rings. The molecule has 2 aromatic rings. The maximum Gasteiger partial charge on any atom is 0.335 e. The molecule has 0 aliphatic carbocycles. The zero-order valence-corrected chi connectivity index (χ0v) is 15.4. The van der Waals surface area contributed by atoms with Crippen molar-refractivity contribution in [2.45, 2.75) is 13.1 Å². The highest BCUT2D eigenvalue weighted by atomic mass is 16.4. The lowest BCUT2D eigenvalue weighted by Crippen LogP contribution is -2.56. The van der Waals surface area contributed by atoms with Crippen molar-refractivity contribution >= 4 is 11.9 Å². The number of hydrogen-bond acceptors (Lipinski definition) is 4. The lowest BCUT2D eigenvalue weighted by atomic mass is 10.1. The van der Waals surface area contributed by atoms with E-state index in [0.717, 1.165) is 54.9 Å². The second kappa shape index (κ2) is 7.90. The average molecular weight is 368 g/mol. The van der Waals surface area contributed by atoms with Gasteiger partial charge in [-0.1, -0.05) is 36.4 Å². The maximum absolute atomic E-state index is 11.0. The van der Waals surface area contributed by atoms with Crippen LogP contribution in [0.25, 0.3) is 0 Å². The smallest absolute Gasteiger partial charge is 0.335 e. The number of aromatic carboxylic acids is 2. The van der Waals surface area contributed by atoms with E-state index in [0.29, 0.717) is 5.56 Å². The third-order valence-electron chi connectivity index (χ3n) is 5.27. The van der Waals surface area contributed by atoms with Crippen molar-refractivity contribution in [2.75, 3.05) is 33.2 Å². The minimum atomic E-state index is -1.15. The molecule has 27 heavy (non-hydrogen) atoms. The first-order valence-corrected chi connectivity index (χ1v) is 9.03. The summed E-state index contributed by atoms with van der Waals surface area (Å²) in [7, 11) is 2.23. The number of carbonyl (C=O) groups excluding carboxylic acids is 1. The van der Waals surface area contributed by atoms with E-state index >= 15 is 0 Å². The molecule has 6 nitrogen and oxygen atoms in total. The second-order valence-electron chi connectivity index (χ2n) is 7.49. The fourth-order valence-electron chi connectivity index (χ4n) is 3.50. The van der Waals surface area contributed by atoms with Gasteiger partial charge in [0.15, 0.2) is 0 Å². The Kier molecular flexibility index (Phi) is 5.58. The largest absolute Gasteiger partial charge is 0.545 e. The summed E-state index contributed by atoms with van der Waals surface area (Å²) in [5.74, 6) is -2.05. The van der Waals surface area contributed by atoms with Gasteiger partial charge in [-0.15, -0.1) is 0 Å². The van der Waals surface area contributed by atoms with E-state index in [1.54, 1.807) is 24.3 Å². The molecule has 0 radical (unpaired) electrons. The maximum atomic E-state index is 11.0. The van der Waals surface area contributed by atoms with Crippen LogP contribution in [0, 0.1) is 0 Å². The minimum absolute atomic E-state index is 0.204. The molecule has 0 amide bonds. The summed E-state index contributed by atoms with van der Waals surface area (Å²) in [5.41, 5.74) is 2.76. The Morgan fingerprint density at radius 1 is 0.963 bits per heavy atom. The number of carboxylic acid groups (broad SMARTS) is 2. The number of carboxylic acids is 2. The quantitative estimate of drug-likeness (QED) is 0.775. The first-order chi connectivity index (χ1) is 12.8. The fourth-order valence-corrected chi connectivity index (χ4v) is 3.50. The van der Waals surface area contributed by atoms with E-state index in [1.165, 1.54) is 0 Å². The summed E-state index contributed by atoms with van der Waals surface area (Å²) in [6, 6.07) is 14.0. The van der Waals surface area contributed by atoms with E-state index < -0.39 is 11.9 Å². The van der Waals surface area contributed by atoms with Crippen LogP contribution in [0.1, 0.15) is 31.8 Å². The van der Waals surface area contributed by atoms with Crippen LogP contribution >= 0.6 is 0 Å². The van der Waals surface area contributed by atoms with Gasteiger partial charge in [0.05, 0.1) is 31.7 Å². The molecule has 1 aliphatic rings. The zero-order chi connectivity index (χ0) is 19.4. The molecular weight excluding hydrogens is 344 g/mol. The predicted octanol–water partition coefficient (Wildman–Crippen LogP) is 1.21. The van der Waals surface area contributed by atoms with Crippen molar-refractivity contribution in [1.82, 2.24) is 4.90 Å². The Labute approximate surface area is 158 Å². The molecule has 0 bridgehead atoms. The minimum Gasteiger partial charge on any atom is -0.545 e. The summed E-state index contributed by atoms with van der Waals surface area (Å²) in [4.78, 5) is 24.2. The van der Waals surface area contributed by atoms with Crippen molar-refractivity contribution in [3.8, 4) is 0 Å². The van der Waals surface area contributed by atoms with Gasteiger partial charge in [0.2, 0.25) is 0 Å². The van der Waals surface area contributed by atoms with Gasteiger partial charge in [-0.25, -0.2) is 4.79 Å². The number of quaternary nitrogens is 1. The van der Waals surface area contributed by atoms with Crippen molar-refractivity contribution in [3.05, 3.63) is 70.8 Å². The molecule has 2 aromatic carbocycles. The molecule has 0 spiro atoms. The SMILES string of the molecule is C[N+]1(Cc2ccc(C(=O)O)cc2)CCN(Cc2ccc(C(=O)[O-])cc2)CC1. The van der Waals surface area contributed by atoms with Crippen LogP contribution in [0.5, 0.6) is 0 Å². The number of nitrogens with zero attached hydrogens (tertiary/aromatic N) is 2. The van der Waals surface area contributed by atoms with Gasteiger partial charge in [-0.05, 0) is 23.3 Å². The van der Waals surface area contributed by atoms with Gasteiger partial charge in [0, 0.05) is 25.2 Å². The molecule has 3 rings (SSSR count). The van der Waals surface area contributed by atoms with E-state index in [-0.39, 0.29) is 5.56 Å². The zero-order valence-electron chi connectivity index (χ0n) is 15.4. The van der Waals surface area contributed by atoms with Gasteiger partial charge in [0.25, 0.3) is 0 Å². The van der Waals surface area contributed by atoms with E-state index in [9.17, 15) is 14.7 Å². The van der Waals surface area contributed by atoms with Crippen LogP contribution in [0.3, 0.4) is 0 Å². The molecule has 142 valence electrons. The summed E-state index contributed by atoms with van der Waals surface area (Å²) < 4.78 is 0.923. The number of hydrogen-bond donors (Lipinski definition) is 1. The lowest BCUT2D eigenvalue weighted by Gasteiger charge is -2.42. The van der Waals surface area contributed by atoms with Crippen LogP contribution in [0.2, 0.25) is 0 Å². The van der Waals surface area contributed by atoms with Gasteiger partial charge >= 0.3 is 5.97 Å². The summed E-state index contributed by atoms with van der Waals surface area (Å²) in [6.07, 6.45) is 0. The third kappa shape index (κ3) is 4.93. The molecule has 6 heteroatoms. The number of piperazine rings is 1. The number of likely N-dealkylation sites (N-methyl/N-ethyl adjacent to an activating group) is 1. The Balaban J connectivity index is 1.54. The average Bonchev–Trinajstić information content (AvgIpc) is 2.64. The van der Waals surface area contributed by atoms with Gasteiger partial charge in [-0.2, -0.15) is 0 Å². The number of benzene rings is 2. The van der Waals surface area contributed by atoms with Crippen LogP contribution in [0.15, 0.2) is 48.5 Å². The van der Waals surface area contributed by atoms with Crippen molar-refractivity contribution in [2.24, 2.45) is 0 Å². The Hall–Kier alpha value is -2.70. The molecule has 0 aromatic heterocycles. The van der Waals surface area contributed by atoms with Crippen molar-refractivity contribution in [3.63, 3.8) is 0 Å². The first kappa shape index (κ1) is 19.1. The van der Waals surface area contributed by atoms with E-state index in [2.05, 4.69) is 11.9 Å². The Bertz CT molecular complexity index is 807. The lowest BCUT2D eigenvalue weighted by molar-refractivity contribution is -0.926. The summed E-state index contributed by atoms with van der Waals surface area (Å²) in [5, 5.41) is 19.8. The normalized spacial score (nSPS) is 16.8. The van der Waals surface area contributed by atoms with Crippen LogP contribution in [0.4, 0.5) is 0 Å². The molecule has 1 heterocycles. The molecule has 1 aliphatic heterocycles.